The smallest absolute Gasteiger partial charge is 0.320 e. The molecular formula is C11H21N3O3. The number of nitrogens with zero attached hydrogens (tertiary/aromatic N) is 2. The summed E-state index contributed by atoms with van der Waals surface area (Å²) in [7, 11) is 0. The Morgan fingerprint density at radius 2 is 2.06 bits per heavy atom. The minimum Gasteiger partial charge on any atom is -0.394 e. The molecule has 6 heteroatoms. The average Bonchev–Trinajstić information content (AvgIpc) is 2.72. The Morgan fingerprint density at radius 1 is 1.35 bits per heavy atom. The van der Waals surface area contributed by atoms with Gasteiger partial charge in [-0.3, -0.25) is 0 Å². The highest BCUT2D eigenvalue weighted by atomic mass is 16.3. The second kappa shape index (κ2) is 5.66. The highest BCUT2D eigenvalue weighted by molar-refractivity contribution is 5.77. The van der Waals surface area contributed by atoms with Crippen LogP contribution >= 0.6 is 0 Å². The average molecular weight is 243 g/mol. The fourth-order valence-electron chi connectivity index (χ4n) is 2.54. The number of urea groups is 1. The third-order valence-corrected chi connectivity index (χ3v) is 3.52. The lowest BCUT2D eigenvalue weighted by Gasteiger charge is -2.31. The summed E-state index contributed by atoms with van der Waals surface area (Å²) < 4.78 is 0. The molecule has 2 amide bonds. The van der Waals surface area contributed by atoms with Gasteiger partial charge in [-0.1, -0.05) is 0 Å². The number of aliphatic hydroxyl groups excluding tert-OH is 2. The molecule has 2 heterocycles. The largest absolute Gasteiger partial charge is 0.394 e. The van der Waals surface area contributed by atoms with Gasteiger partial charge in [-0.2, -0.15) is 0 Å². The normalized spacial score (nSPS) is 24.5. The molecule has 0 aliphatic carbocycles. The molecular weight excluding hydrogens is 222 g/mol. The van der Waals surface area contributed by atoms with E-state index >= 15 is 0 Å². The summed E-state index contributed by atoms with van der Waals surface area (Å²) in [6.07, 6.45) is 1.18. The molecule has 0 aromatic rings. The lowest BCUT2D eigenvalue weighted by Crippen LogP contribution is -2.46. The molecule has 0 aromatic carbocycles. The van der Waals surface area contributed by atoms with Crippen LogP contribution in [0, 0.1) is 0 Å². The van der Waals surface area contributed by atoms with Gasteiger partial charge in [-0.15, -0.1) is 0 Å². The molecule has 1 unspecified atom stereocenters. The fourth-order valence-corrected chi connectivity index (χ4v) is 2.54. The first kappa shape index (κ1) is 12.6. The molecule has 2 fully saturated rings. The van der Waals surface area contributed by atoms with E-state index in [1.54, 1.807) is 4.90 Å². The van der Waals surface area contributed by atoms with Crippen LogP contribution in [-0.4, -0.2) is 77.5 Å². The van der Waals surface area contributed by atoms with Crippen LogP contribution in [0.2, 0.25) is 0 Å². The lowest BCUT2D eigenvalue weighted by atomic mass is 10.1. The number of piperidine rings is 1. The van der Waals surface area contributed by atoms with Crippen molar-refractivity contribution in [2.24, 2.45) is 0 Å². The van der Waals surface area contributed by atoms with E-state index in [2.05, 4.69) is 5.32 Å². The van der Waals surface area contributed by atoms with E-state index in [1.807, 2.05) is 4.90 Å². The number of carbonyl (C=O) groups is 1. The number of nitrogens with one attached hydrogen (secondary N) is 1. The third kappa shape index (κ3) is 2.88. The van der Waals surface area contributed by atoms with Crippen molar-refractivity contribution >= 4 is 6.03 Å². The van der Waals surface area contributed by atoms with Crippen molar-refractivity contribution in [2.45, 2.75) is 25.0 Å². The molecule has 0 aromatic heterocycles. The number of aliphatic hydroxyl groups is 2. The standard InChI is InChI=1S/C11H21N3O3/c15-8-10(16)7-13-5-6-14(11(13)17)9-1-3-12-4-2-9/h9-10,12,15-16H,1-8H2. The third-order valence-electron chi connectivity index (χ3n) is 3.52. The molecule has 6 nitrogen and oxygen atoms in total. The number of hydrogen-bond acceptors (Lipinski definition) is 4. The van der Waals surface area contributed by atoms with Crippen molar-refractivity contribution < 1.29 is 15.0 Å². The van der Waals surface area contributed by atoms with Gasteiger partial charge in [0.05, 0.1) is 19.3 Å². The first-order valence-corrected chi connectivity index (χ1v) is 6.27. The molecule has 2 rings (SSSR count). The Hall–Kier alpha value is -0.850. The molecule has 98 valence electrons. The SMILES string of the molecule is O=C1N(CC(O)CO)CCN1C1CCNCC1. The molecule has 2 saturated heterocycles. The van der Waals surface area contributed by atoms with Gasteiger partial charge in [0.2, 0.25) is 0 Å². The predicted octanol–water partition coefficient (Wildman–Crippen LogP) is -1.17. The first-order chi connectivity index (χ1) is 8.22. The fraction of sp³-hybridized carbons (Fsp3) is 0.909. The minimum atomic E-state index is -0.827. The quantitative estimate of drug-likeness (QED) is 0.581. The Labute approximate surface area is 101 Å². The van der Waals surface area contributed by atoms with Crippen LogP contribution in [0.25, 0.3) is 0 Å². The van der Waals surface area contributed by atoms with Gasteiger partial charge in [0, 0.05) is 19.1 Å². The summed E-state index contributed by atoms with van der Waals surface area (Å²) in [6.45, 7) is 3.26. The molecule has 3 N–H and O–H groups in total. The van der Waals surface area contributed by atoms with E-state index in [4.69, 9.17) is 5.11 Å². The molecule has 0 saturated carbocycles. The zero-order chi connectivity index (χ0) is 12.3. The second-order valence-electron chi connectivity index (χ2n) is 4.74. The maximum absolute atomic E-state index is 12.1. The molecule has 1 atom stereocenters. The number of rotatable bonds is 4. The molecule has 2 aliphatic heterocycles. The van der Waals surface area contributed by atoms with E-state index in [0.717, 1.165) is 32.5 Å². The van der Waals surface area contributed by atoms with Crippen molar-refractivity contribution in [1.29, 1.82) is 0 Å². The van der Waals surface area contributed by atoms with Crippen LogP contribution in [0.1, 0.15) is 12.8 Å². The van der Waals surface area contributed by atoms with Crippen molar-refractivity contribution in [3.8, 4) is 0 Å². The van der Waals surface area contributed by atoms with Crippen LogP contribution in [0.15, 0.2) is 0 Å². The molecule has 2 aliphatic rings. The Kier molecular flexibility index (Phi) is 4.20. The van der Waals surface area contributed by atoms with Gasteiger partial charge >= 0.3 is 6.03 Å². The van der Waals surface area contributed by atoms with Crippen molar-refractivity contribution in [3.05, 3.63) is 0 Å². The van der Waals surface area contributed by atoms with Crippen LogP contribution in [0.4, 0.5) is 4.79 Å². The van der Waals surface area contributed by atoms with Crippen molar-refractivity contribution in [1.82, 2.24) is 15.1 Å². The van der Waals surface area contributed by atoms with Crippen LogP contribution < -0.4 is 5.32 Å². The molecule has 0 radical (unpaired) electrons. The van der Waals surface area contributed by atoms with E-state index in [9.17, 15) is 9.90 Å². The highest BCUT2D eigenvalue weighted by Crippen LogP contribution is 2.18. The van der Waals surface area contributed by atoms with Gasteiger partial charge in [0.15, 0.2) is 0 Å². The van der Waals surface area contributed by atoms with Gasteiger partial charge in [0.1, 0.15) is 0 Å². The highest BCUT2D eigenvalue weighted by Gasteiger charge is 2.34. The molecule has 17 heavy (non-hydrogen) atoms. The zero-order valence-corrected chi connectivity index (χ0v) is 10.0. The lowest BCUT2D eigenvalue weighted by molar-refractivity contribution is 0.0707. The Balaban J connectivity index is 1.88. The summed E-state index contributed by atoms with van der Waals surface area (Å²) >= 11 is 0. The van der Waals surface area contributed by atoms with Crippen molar-refractivity contribution in [2.75, 3.05) is 39.3 Å². The second-order valence-corrected chi connectivity index (χ2v) is 4.74. The van der Waals surface area contributed by atoms with Gasteiger partial charge in [-0.05, 0) is 25.9 Å². The number of carbonyl (C=O) groups excluding carboxylic acids is 1. The number of amides is 2. The molecule has 0 bridgehead atoms. The van der Waals surface area contributed by atoms with E-state index in [0.29, 0.717) is 12.6 Å². The zero-order valence-electron chi connectivity index (χ0n) is 10.0. The summed E-state index contributed by atoms with van der Waals surface area (Å²) in [5.41, 5.74) is 0. The van der Waals surface area contributed by atoms with Crippen LogP contribution in [-0.2, 0) is 0 Å². The van der Waals surface area contributed by atoms with Crippen molar-refractivity contribution in [3.63, 3.8) is 0 Å². The Bertz CT molecular complexity index is 269. The predicted molar refractivity (Wildman–Crippen MR) is 62.7 cm³/mol. The number of β-amino-alcohol motifs (C(OH)–C–C–N with tert-alkyl or cyclic N) is 1. The Morgan fingerprint density at radius 3 is 2.71 bits per heavy atom. The summed E-state index contributed by atoms with van der Waals surface area (Å²) in [5.74, 6) is 0. The topological polar surface area (TPSA) is 76.0 Å². The summed E-state index contributed by atoms with van der Waals surface area (Å²) in [6, 6.07) is 0.337. The summed E-state index contributed by atoms with van der Waals surface area (Å²) in [5, 5.41) is 21.4. The maximum Gasteiger partial charge on any atom is 0.320 e. The monoisotopic (exact) mass is 243 g/mol. The van der Waals surface area contributed by atoms with E-state index in [-0.39, 0.29) is 19.2 Å². The van der Waals surface area contributed by atoms with Gasteiger partial charge < -0.3 is 25.3 Å². The minimum absolute atomic E-state index is 0.00407. The molecule has 0 spiro atoms. The number of hydrogen-bond donors (Lipinski definition) is 3. The maximum atomic E-state index is 12.1. The van der Waals surface area contributed by atoms with Gasteiger partial charge in [0.25, 0.3) is 0 Å². The van der Waals surface area contributed by atoms with Crippen LogP contribution in [0.5, 0.6) is 0 Å². The van der Waals surface area contributed by atoms with E-state index in [1.165, 1.54) is 0 Å². The van der Waals surface area contributed by atoms with E-state index < -0.39 is 6.10 Å². The summed E-state index contributed by atoms with van der Waals surface area (Å²) in [4.78, 5) is 15.6. The van der Waals surface area contributed by atoms with Gasteiger partial charge in [-0.25, -0.2) is 4.79 Å². The first-order valence-electron chi connectivity index (χ1n) is 6.27. The van der Waals surface area contributed by atoms with Crippen LogP contribution in [0.3, 0.4) is 0 Å².